The van der Waals surface area contributed by atoms with E-state index in [0.717, 1.165) is 20.0 Å². The Bertz CT molecular complexity index is 549. The van der Waals surface area contributed by atoms with Crippen LogP contribution in [0, 0.1) is 0 Å². The number of benzene rings is 2. The number of hydrogen-bond acceptors (Lipinski definition) is 0. The van der Waals surface area contributed by atoms with Crippen LogP contribution in [-0.2, 0) is 6.42 Å². The molecule has 0 fully saturated rings. The summed E-state index contributed by atoms with van der Waals surface area (Å²) >= 11 is -3.16. The van der Waals surface area contributed by atoms with Gasteiger partial charge in [0.25, 0.3) is 0 Å². The molecule has 2 aromatic rings. The molecule has 0 amide bonds. The summed E-state index contributed by atoms with van der Waals surface area (Å²) in [5, 5.41) is 0. The molecule has 0 bridgehead atoms. The third-order valence-electron chi connectivity index (χ3n) is 3.47. The van der Waals surface area contributed by atoms with E-state index in [2.05, 4.69) is 0 Å². The zero-order valence-electron chi connectivity index (χ0n) is 12.6. The first-order chi connectivity index (χ1) is 9.96. The number of aryl methyl sites for hydroxylation is 1. The fourth-order valence-electron chi connectivity index (χ4n) is 2.28. The zero-order valence-corrected chi connectivity index (χ0v) is 16.4. The molecule has 21 heavy (non-hydrogen) atoms. The Balaban J connectivity index is 1.96. The molecule has 4 heteroatoms. The average Bonchev–Trinajstić information content (AvgIpc) is 2.47. The van der Waals surface area contributed by atoms with Crippen molar-refractivity contribution in [3.63, 3.8) is 0 Å². The minimum absolute atomic E-state index is 0.697. The fourth-order valence-corrected chi connectivity index (χ4v) is 6.95. The van der Waals surface area contributed by atoms with Gasteiger partial charge in [-0.15, -0.1) is 0 Å². The Hall–Kier alpha value is -0.684. The Kier molecular flexibility index (Phi) is 5.99. The fraction of sp³-hybridized carbons (Fsp3) is 0.294. The van der Waals surface area contributed by atoms with E-state index in [1.54, 1.807) is 13.1 Å². The van der Waals surface area contributed by atoms with E-state index in [9.17, 15) is 6.97 Å². The van der Waals surface area contributed by atoms with E-state index in [1.165, 1.54) is 5.56 Å². The van der Waals surface area contributed by atoms with Crippen molar-refractivity contribution in [3.05, 3.63) is 60.2 Å². The van der Waals surface area contributed by atoms with Gasteiger partial charge in [-0.05, 0) is 0 Å². The van der Waals surface area contributed by atoms with Crippen molar-refractivity contribution in [1.29, 1.82) is 0 Å². The van der Waals surface area contributed by atoms with Crippen LogP contribution in [0.15, 0.2) is 54.6 Å². The molecule has 0 atom stereocenters. The quantitative estimate of drug-likeness (QED) is 0.501. The van der Waals surface area contributed by atoms with Crippen LogP contribution < -0.4 is 7.16 Å². The van der Waals surface area contributed by atoms with E-state index in [1.807, 2.05) is 54.6 Å². The summed E-state index contributed by atoms with van der Waals surface area (Å²) in [4.78, 5) is 0. The van der Waals surface area contributed by atoms with Crippen molar-refractivity contribution in [2.45, 2.75) is 32.0 Å². The van der Waals surface area contributed by atoms with Crippen LogP contribution >= 0.6 is 0 Å². The van der Waals surface area contributed by atoms with E-state index >= 15 is 0 Å². The van der Waals surface area contributed by atoms with Crippen molar-refractivity contribution in [2.75, 3.05) is 0 Å². The van der Waals surface area contributed by atoms with Crippen molar-refractivity contribution >= 4 is 35.9 Å². The van der Waals surface area contributed by atoms with Crippen LogP contribution in [0.25, 0.3) is 0 Å². The van der Waals surface area contributed by atoms with Crippen molar-refractivity contribution < 1.29 is 6.97 Å². The molecular formula is C17H21F2SiSn. The summed E-state index contributed by atoms with van der Waals surface area (Å²) in [5.41, 5.74) is 1.18. The Morgan fingerprint density at radius 2 is 1.48 bits per heavy atom. The van der Waals surface area contributed by atoms with Gasteiger partial charge in [0.15, 0.2) is 0 Å². The molecule has 2 aromatic carbocycles. The molecule has 0 aliphatic carbocycles. The van der Waals surface area contributed by atoms with E-state index in [4.69, 9.17) is 0 Å². The van der Waals surface area contributed by atoms with Crippen LogP contribution in [0.1, 0.15) is 12.0 Å². The van der Waals surface area contributed by atoms with Crippen LogP contribution in [0.5, 0.6) is 0 Å². The van der Waals surface area contributed by atoms with Crippen LogP contribution in [-0.4, -0.2) is 28.7 Å². The average molecular weight is 410 g/mol. The summed E-state index contributed by atoms with van der Waals surface area (Å²) in [6, 6.07) is 18.0. The van der Waals surface area contributed by atoms with Gasteiger partial charge in [0.1, 0.15) is 0 Å². The van der Waals surface area contributed by atoms with Crippen LogP contribution in [0.2, 0.25) is 19.1 Å². The maximum absolute atomic E-state index is 14.6. The first-order valence-corrected chi connectivity index (χ1v) is 14.3. The summed E-state index contributed by atoms with van der Waals surface area (Å²) in [6.07, 6.45) is 1.77. The first-order valence-electron chi connectivity index (χ1n) is 7.32. The third-order valence-corrected chi connectivity index (χ3v) is 9.81. The molecule has 1 radical (unpaired) electrons. The molecule has 0 unspecified atom stereocenters. The van der Waals surface area contributed by atoms with Crippen LogP contribution in [0.4, 0.5) is 6.97 Å². The molecule has 0 saturated heterocycles. The van der Waals surface area contributed by atoms with Crippen LogP contribution in [0.3, 0.4) is 0 Å². The van der Waals surface area contributed by atoms with Crippen molar-refractivity contribution in [2.24, 2.45) is 0 Å². The number of halogens is 2. The van der Waals surface area contributed by atoms with E-state index in [0.29, 0.717) is 6.04 Å². The van der Waals surface area contributed by atoms with Crippen molar-refractivity contribution in [1.82, 2.24) is 0 Å². The van der Waals surface area contributed by atoms with Gasteiger partial charge in [0.05, 0.1) is 0 Å². The normalized spacial score (nSPS) is 11.9. The molecular weight excluding hydrogens is 389 g/mol. The Morgan fingerprint density at radius 3 is 2.05 bits per heavy atom. The molecule has 111 valence electrons. The summed E-state index contributed by atoms with van der Waals surface area (Å²) in [7, 11) is -2.43. The van der Waals surface area contributed by atoms with Gasteiger partial charge in [0, 0.05) is 0 Å². The minimum atomic E-state index is -3.16. The predicted molar refractivity (Wildman–Crippen MR) is 90.7 cm³/mol. The topological polar surface area (TPSA) is 0 Å². The van der Waals surface area contributed by atoms with Gasteiger partial charge in [0.2, 0.25) is 0 Å². The van der Waals surface area contributed by atoms with Crippen molar-refractivity contribution in [3.8, 4) is 0 Å². The summed E-state index contributed by atoms with van der Waals surface area (Å²) in [5.74, 6) is 0. The number of hydrogen-bond donors (Lipinski definition) is 0. The molecule has 0 N–H and O–H groups in total. The standard InChI is InChI=1S/C11H16FSi.C6H5.FH.Sn/c1-13(2,12)10-6-9-11-7-4-3-5-8-11;1-2-4-6-5-3-1;;/h4-5,7-8H,6,9-10H2,1-2H3;1-5H;1H;/q;;;+1/p-1. The molecule has 0 aliphatic rings. The second-order valence-electron chi connectivity index (χ2n) is 5.95. The molecule has 0 heterocycles. The molecule has 0 aromatic heterocycles. The Morgan fingerprint density at radius 1 is 0.905 bits per heavy atom. The summed E-state index contributed by atoms with van der Waals surface area (Å²) in [6.45, 7) is 3.50. The third kappa shape index (κ3) is 5.55. The molecule has 0 saturated carbocycles. The summed E-state index contributed by atoms with van der Waals surface area (Å²) < 4.78 is 29.8. The second kappa shape index (κ2) is 7.54. The predicted octanol–water partition coefficient (Wildman–Crippen LogP) is 3.87. The van der Waals surface area contributed by atoms with Gasteiger partial charge in [-0.25, -0.2) is 0 Å². The SMILES string of the molecule is C[Si](C)(F)CCCc1cc[c]([Sn]([F])[c]2ccccc2)cc1. The van der Waals surface area contributed by atoms with Gasteiger partial charge in [-0.3, -0.25) is 0 Å². The van der Waals surface area contributed by atoms with Gasteiger partial charge in [-0.1, -0.05) is 0 Å². The number of rotatable bonds is 6. The maximum atomic E-state index is 14.6. The van der Waals surface area contributed by atoms with Gasteiger partial charge in [-0.2, -0.15) is 0 Å². The monoisotopic (exact) mass is 411 g/mol. The van der Waals surface area contributed by atoms with E-state index < -0.39 is 28.7 Å². The molecule has 0 aliphatic heterocycles. The Labute approximate surface area is 134 Å². The first kappa shape index (κ1) is 16.7. The molecule has 2 rings (SSSR count). The molecule has 0 nitrogen and oxygen atoms in total. The zero-order chi connectivity index (χ0) is 15.3. The molecule has 0 spiro atoms. The van der Waals surface area contributed by atoms with Gasteiger partial charge >= 0.3 is 135 Å². The van der Waals surface area contributed by atoms with Gasteiger partial charge < -0.3 is 0 Å². The second-order valence-corrected chi connectivity index (χ2v) is 15.0. The van der Waals surface area contributed by atoms with E-state index in [-0.39, 0.29) is 0 Å².